The smallest absolute Gasteiger partial charge is 0.295 e. The molecule has 1 aliphatic heterocycles. The van der Waals surface area contributed by atoms with Crippen molar-refractivity contribution in [1.29, 1.82) is 0 Å². The summed E-state index contributed by atoms with van der Waals surface area (Å²) in [5, 5.41) is 11.2. The van der Waals surface area contributed by atoms with Gasteiger partial charge in [-0.25, -0.2) is 0 Å². The SMILES string of the molecule is CCN(CC)CCCN1C(=O)C(=O)C(=C(O)c2cc(C)ccc2C)[C@H]1c1ccccc1. The van der Waals surface area contributed by atoms with Crippen molar-refractivity contribution in [3.63, 3.8) is 0 Å². The van der Waals surface area contributed by atoms with E-state index in [0.29, 0.717) is 12.1 Å². The molecule has 0 unspecified atom stereocenters. The normalized spacial score (nSPS) is 18.2. The van der Waals surface area contributed by atoms with Crippen LogP contribution >= 0.6 is 0 Å². The third kappa shape index (κ3) is 4.72. The van der Waals surface area contributed by atoms with Gasteiger partial charge in [-0.3, -0.25) is 9.59 Å². The van der Waals surface area contributed by atoms with E-state index in [4.69, 9.17) is 0 Å². The van der Waals surface area contributed by atoms with Gasteiger partial charge in [0.05, 0.1) is 11.6 Å². The Kier molecular flexibility index (Phi) is 7.29. The molecule has 164 valence electrons. The van der Waals surface area contributed by atoms with Gasteiger partial charge in [0.25, 0.3) is 11.7 Å². The standard InChI is InChI=1S/C26H32N2O3/c1-5-27(6-2)15-10-16-28-23(20-11-8-7-9-12-20)22(25(30)26(28)31)24(29)21-17-18(3)13-14-19(21)4/h7-9,11-14,17,23,29H,5-6,10,15-16H2,1-4H3/t23-/m1/s1. The summed E-state index contributed by atoms with van der Waals surface area (Å²) >= 11 is 0. The molecule has 1 atom stereocenters. The zero-order valence-electron chi connectivity index (χ0n) is 18.9. The maximum Gasteiger partial charge on any atom is 0.295 e. The molecule has 2 aromatic rings. The number of rotatable bonds is 8. The molecular formula is C26H32N2O3. The fraction of sp³-hybridized carbons (Fsp3) is 0.385. The molecule has 0 aromatic heterocycles. The summed E-state index contributed by atoms with van der Waals surface area (Å²) in [7, 11) is 0. The number of carbonyl (C=O) groups is 2. The van der Waals surface area contributed by atoms with Crippen molar-refractivity contribution in [1.82, 2.24) is 9.80 Å². The molecule has 0 bridgehead atoms. The second-order valence-corrected chi connectivity index (χ2v) is 8.10. The second kappa shape index (κ2) is 9.92. The number of aliphatic hydroxyl groups excluding tert-OH is 1. The number of aryl methyl sites for hydroxylation is 2. The number of carbonyl (C=O) groups excluding carboxylic acids is 2. The summed E-state index contributed by atoms with van der Waals surface area (Å²) in [4.78, 5) is 30.0. The summed E-state index contributed by atoms with van der Waals surface area (Å²) in [5.41, 5.74) is 3.45. The molecule has 31 heavy (non-hydrogen) atoms. The van der Waals surface area contributed by atoms with E-state index in [1.807, 2.05) is 62.4 Å². The van der Waals surface area contributed by atoms with Crippen LogP contribution < -0.4 is 0 Å². The number of Topliss-reactive ketones (excluding diaryl/α,β-unsaturated/α-hetero) is 1. The van der Waals surface area contributed by atoms with Crippen molar-refractivity contribution in [2.75, 3.05) is 26.2 Å². The maximum absolute atomic E-state index is 13.1. The number of hydrogen-bond donors (Lipinski definition) is 1. The summed E-state index contributed by atoms with van der Waals surface area (Å²) < 4.78 is 0. The predicted octanol–water partition coefficient (Wildman–Crippen LogP) is 4.46. The molecule has 0 aliphatic carbocycles. The number of ketones is 1. The molecule has 2 aromatic carbocycles. The summed E-state index contributed by atoms with van der Waals surface area (Å²) in [6.45, 7) is 11.3. The van der Waals surface area contributed by atoms with Gasteiger partial charge in [0, 0.05) is 12.1 Å². The van der Waals surface area contributed by atoms with Crippen LogP contribution in [0.1, 0.15) is 48.6 Å². The highest BCUT2D eigenvalue weighted by Gasteiger charge is 2.45. The minimum atomic E-state index is -0.616. The first-order valence-corrected chi connectivity index (χ1v) is 11.0. The van der Waals surface area contributed by atoms with Gasteiger partial charge in [0.1, 0.15) is 5.76 Å². The van der Waals surface area contributed by atoms with Crippen LogP contribution in [-0.2, 0) is 9.59 Å². The van der Waals surface area contributed by atoms with Gasteiger partial charge in [-0.2, -0.15) is 0 Å². The number of nitrogens with zero attached hydrogens (tertiary/aromatic N) is 2. The van der Waals surface area contributed by atoms with E-state index in [0.717, 1.165) is 42.7 Å². The van der Waals surface area contributed by atoms with Crippen LogP contribution in [0.3, 0.4) is 0 Å². The van der Waals surface area contributed by atoms with Crippen molar-refractivity contribution in [2.24, 2.45) is 0 Å². The first kappa shape index (κ1) is 22.8. The highest BCUT2D eigenvalue weighted by Crippen LogP contribution is 2.39. The lowest BCUT2D eigenvalue weighted by Gasteiger charge is -2.27. The Labute approximate surface area is 185 Å². The molecule has 1 aliphatic rings. The Morgan fingerprint density at radius 1 is 1.03 bits per heavy atom. The Bertz CT molecular complexity index is 977. The van der Waals surface area contributed by atoms with Crippen molar-refractivity contribution in [3.8, 4) is 0 Å². The van der Waals surface area contributed by atoms with Crippen molar-refractivity contribution in [2.45, 2.75) is 40.2 Å². The van der Waals surface area contributed by atoms with Gasteiger partial charge in [-0.1, -0.05) is 61.9 Å². The molecule has 5 nitrogen and oxygen atoms in total. The number of amides is 1. The Morgan fingerprint density at radius 3 is 2.35 bits per heavy atom. The fourth-order valence-electron chi connectivity index (χ4n) is 4.23. The highest BCUT2D eigenvalue weighted by molar-refractivity contribution is 6.46. The van der Waals surface area contributed by atoms with Gasteiger partial charge in [-0.15, -0.1) is 0 Å². The molecule has 1 fully saturated rings. The quantitative estimate of drug-likeness (QED) is 0.389. The third-order valence-electron chi connectivity index (χ3n) is 6.07. The van der Waals surface area contributed by atoms with E-state index in [-0.39, 0.29) is 11.3 Å². The van der Waals surface area contributed by atoms with Gasteiger partial charge in [-0.05, 0) is 57.1 Å². The van der Waals surface area contributed by atoms with Crippen LogP contribution in [0.5, 0.6) is 0 Å². The average molecular weight is 421 g/mol. The lowest BCUT2D eigenvalue weighted by Crippen LogP contribution is -2.33. The van der Waals surface area contributed by atoms with Crippen molar-refractivity contribution >= 4 is 17.4 Å². The van der Waals surface area contributed by atoms with E-state index in [2.05, 4.69) is 18.7 Å². The highest BCUT2D eigenvalue weighted by atomic mass is 16.3. The van der Waals surface area contributed by atoms with Gasteiger partial charge >= 0.3 is 0 Å². The van der Waals surface area contributed by atoms with Crippen LogP contribution in [0.15, 0.2) is 54.1 Å². The van der Waals surface area contributed by atoms with E-state index < -0.39 is 17.7 Å². The number of hydrogen-bond acceptors (Lipinski definition) is 4. The van der Waals surface area contributed by atoms with E-state index in [1.54, 1.807) is 4.90 Å². The minimum absolute atomic E-state index is 0.0976. The lowest BCUT2D eigenvalue weighted by molar-refractivity contribution is -0.140. The predicted molar refractivity (Wildman–Crippen MR) is 124 cm³/mol. The molecule has 0 radical (unpaired) electrons. The maximum atomic E-state index is 13.1. The zero-order chi connectivity index (χ0) is 22.5. The van der Waals surface area contributed by atoms with Gasteiger partial charge in [0.15, 0.2) is 0 Å². The number of aliphatic hydroxyl groups is 1. The van der Waals surface area contributed by atoms with E-state index in [9.17, 15) is 14.7 Å². The number of benzene rings is 2. The molecule has 1 amide bonds. The Morgan fingerprint density at radius 2 is 1.71 bits per heavy atom. The monoisotopic (exact) mass is 420 g/mol. The van der Waals surface area contributed by atoms with Crippen LogP contribution in [0.4, 0.5) is 0 Å². The first-order chi connectivity index (χ1) is 14.9. The molecule has 1 saturated heterocycles. The average Bonchev–Trinajstić information content (AvgIpc) is 3.03. The largest absolute Gasteiger partial charge is 0.507 e. The van der Waals surface area contributed by atoms with Crippen LogP contribution in [0, 0.1) is 13.8 Å². The molecule has 0 spiro atoms. The third-order valence-corrected chi connectivity index (χ3v) is 6.07. The van der Waals surface area contributed by atoms with Crippen molar-refractivity contribution in [3.05, 3.63) is 76.4 Å². The van der Waals surface area contributed by atoms with Crippen LogP contribution in [0.2, 0.25) is 0 Å². The van der Waals surface area contributed by atoms with E-state index in [1.165, 1.54) is 0 Å². The number of likely N-dealkylation sites (tertiary alicyclic amines) is 1. The zero-order valence-corrected chi connectivity index (χ0v) is 18.9. The lowest BCUT2D eigenvalue weighted by atomic mass is 9.93. The Hall–Kier alpha value is -2.92. The van der Waals surface area contributed by atoms with E-state index >= 15 is 0 Å². The minimum Gasteiger partial charge on any atom is -0.507 e. The molecule has 1 heterocycles. The van der Waals surface area contributed by atoms with Gasteiger partial charge in [0.2, 0.25) is 0 Å². The summed E-state index contributed by atoms with van der Waals surface area (Å²) in [6.07, 6.45) is 0.765. The molecule has 3 rings (SSSR count). The summed E-state index contributed by atoms with van der Waals surface area (Å²) in [5.74, 6) is -1.25. The molecule has 5 heteroatoms. The molecular weight excluding hydrogens is 388 g/mol. The first-order valence-electron chi connectivity index (χ1n) is 11.0. The Balaban J connectivity index is 2.04. The topological polar surface area (TPSA) is 60.9 Å². The van der Waals surface area contributed by atoms with Gasteiger partial charge < -0.3 is 14.9 Å². The molecule has 0 saturated carbocycles. The fourth-order valence-corrected chi connectivity index (χ4v) is 4.23. The van der Waals surface area contributed by atoms with Crippen LogP contribution in [0.25, 0.3) is 5.76 Å². The summed E-state index contributed by atoms with van der Waals surface area (Å²) in [6, 6.07) is 14.7. The second-order valence-electron chi connectivity index (χ2n) is 8.10. The van der Waals surface area contributed by atoms with Crippen LogP contribution in [-0.4, -0.2) is 52.8 Å². The molecule has 1 N–H and O–H groups in total. The van der Waals surface area contributed by atoms with Crippen molar-refractivity contribution < 1.29 is 14.7 Å².